The average molecular weight is 585 g/mol. The number of benzene rings is 2. The quantitative estimate of drug-likeness (QED) is 0.383. The molecule has 0 saturated carbocycles. The van der Waals surface area contributed by atoms with Gasteiger partial charge in [0.15, 0.2) is 0 Å². The molecule has 38 heavy (non-hydrogen) atoms. The molecule has 1 saturated heterocycles. The SMILES string of the molecule is CCC[C@@H](CNS(=O)(=O)N(C)C)N1C(=O)[C@@](C)(CC(=O)O)C[C@H](c2cccc(Cl)c2)[C@H]1c1ccc(Cl)cc1. The van der Waals surface area contributed by atoms with E-state index in [1.165, 1.54) is 14.1 Å². The normalized spacial score (nSPS) is 23.0. The number of hydrogen-bond acceptors (Lipinski definition) is 4. The number of carbonyl (C=O) groups is 2. The van der Waals surface area contributed by atoms with Gasteiger partial charge in [0.25, 0.3) is 10.2 Å². The van der Waals surface area contributed by atoms with Gasteiger partial charge in [-0.05, 0) is 48.2 Å². The molecule has 0 aromatic heterocycles. The number of carboxylic acids is 1. The summed E-state index contributed by atoms with van der Waals surface area (Å²) >= 11 is 12.6. The maximum absolute atomic E-state index is 14.3. The molecule has 0 radical (unpaired) electrons. The molecule has 0 aliphatic carbocycles. The van der Waals surface area contributed by atoms with Crippen LogP contribution in [-0.4, -0.2) is 61.3 Å². The lowest BCUT2D eigenvalue weighted by molar-refractivity contribution is -0.160. The van der Waals surface area contributed by atoms with Gasteiger partial charge < -0.3 is 10.0 Å². The van der Waals surface area contributed by atoms with Gasteiger partial charge in [0, 0.05) is 42.6 Å². The number of piperidine rings is 1. The van der Waals surface area contributed by atoms with Gasteiger partial charge in [0.1, 0.15) is 0 Å². The molecule has 8 nitrogen and oxygen atoms in total. The van der Waals surface area contributed by atoms with E-state index in [2.05, 4.69) is 4.72 Å². The van der Waals surface area contributed by atoms with Crippen molar-refractivity contribution in [2.24, 2.45) is 5.41 Å². The van der Waals surface area contributed by atoms with Gasteiger partial charge >= 0.3 is 5.97 Å². The zero-order valence-corrected chi connectivity index (χ0v) is 24.4. The summed E-state index contributed by atoms with van der Waals surface area (Å²) in [5.74, 6) is -1.70. The van der Waals surface area contributed by atoms with Crippen molar-refractivity contribution in [3.8, 4) is 0 Å². The number of rotatable bonds is 11. The third-order valence-electron chi connectivity index (χ3n) is 7.13. The van der Waals surface area contributed by atoms with Gasteiger partial charge in [-0.2, -0.15) is 12.7 Å². The fourth-order valence-corrected chi connectivity index (χ4v) is 6.27. The van der Waals surface area contributed by atoms with Crippen molar-refractivity contribution in [1.29, 1.82) is 0 Å². The van der Waals surface area contributed by atoms with Crippen molar-refractivity contribution >= 4 is 45.3 Å². The van der Waals surface area contributed by atoms with Gasteiger partial charge in [-0.1, -0.05) is 67.7 Å². The van der Waals surface area contributed by atoms with Gasteiger partial charge in [0.05, 0.1) is 17.9 Å². The van der Waals surface area contributed by atoms with Crippen LogP contribution in [0.15, 0.2) is 48.5 Å². The van der Waals surface area contributed by atoms with Crippen LogP contribution in [0.5, 0.6) is 0 Å². The molecule has 208 valence electrons. The summed E-state index contributed by atoms with van der Waals surface area (Å²) in [7, 11) is -0.899. The Labute approximate surface area is 235 Å². The van der Waals surface area contributed by atoms with E-state index in [-0.39, 0.29) is 31.2 Å². The lowest BCUT2D eigenvalue weighted by Crippen LogP contribution is -2.58. The summed E-state index contributed by atoms with van der Waals surface area (Å²) < 4.78 is 28.9. The molecule has 3 rings (SSSR count). The van der Waals surface area contributed by atoms with E-state index in [1.54, 1.807) is 30.0 Å². The highest BCUT2D eigenvalue weighted by molar-refractivity contribution is 7.87. The number of hydrogen-bond donors (Lipinski definition) is 2. The number of aliphatic carboxylic acids is 1. The van der Waals surface area contributed by atoms with Gasteiger partial charge in [-0.3, -0.25) is 9.59 Å². The molecule has 0 spiro atoms. The summed E-state index contributed by atoms with van der Waals surface area (Å²) in [6.45, 7) is 3.62. The van der Waals surface area contributed by atoms with Crippen LogP contribution in [0.25, 0.3) is 0 Å². The van der Waals surface area contributed by atoms with E-state index in [0.717, 1.165) is 15.4 Å². The Hall–Kier alpha value is -2.17. The van der Waals surface area contributed by atoms with Gasteiger partial charge in [0.2, 0.25) is 5.91 Å². The summed E-state index contributed by atoms with van der Waals surface area (Å²) in [6.07, 6.45) is 1.12. The zero-order valence-electron chi connectivity index (χ0n) is 22.0. The molecule has 2 aromatic carbocycles. The minimum absolute atomic E-state index is 0.0183. The van der Waals surface area contributed by atoms with Crippen LogP contribution >= 0.6 is 23.2 Å². The molecule has 4 atom stereocenters. The number of amides is 1. The number of nitrogens with zero attached hydrogens (tertiary/aromatic N) is 2. The second-order valence-corrected chi connectivity index (χ2v) is 13.1. The molecule has 2 aromatic rings. The molecule has 1 aliphatic heterocycles. The Morgan fingerprint density at radius 1 is 1.16 bits per heavy atom. The summed E-state index contributed by atoms with van der Waals surface area (Å²) in [5.41, 5.74) is 0.478. The molecule has 11 heteroatoms. The summed E-state index contributed by atoms with van der Waals surface area (Å²) in [6, 6.07) is 13.6. The van der Waals surface area contributed by atoms with Gasteiger partial charge in [-0.25, -0.2) is 4.72 Å². The number of likely N-dealkylation sites (tertiary alicyclic amines) is 1. The van der Waals surface area contributed by atoms with E-state index >= 15 is 0 Å². The fourth-order valence-electron chi connectivity index (χ4n) is 5.28. The van der Waals surface area contributed by atoms with Gasteiger partial charge in [-0.15, -0.1) is 0 Å². The van der Waals surface area contributed by atoms with Crippen molar-refractivity contribution in [1.82, 2.24) is 13.9 Å². The fraction of sp³-hybridized carbons (Fsp3) is 0.481. The molecule has 1 amide bonds. The minimum atomic E-state index is -3.76. The third-order valence-corrected chi connectivity index (χ3v) is 9.11. The Balaban J connectivity index is 2.22. The van der Waals surface area contributed by atoms with Crippen LogP contribution in [0.3, 0.4) is 0 Å². The third kappa shape index (κ3) is 6.87. The van der Waals surface area contributed by atoms with E-state index in [1.807, 2.05) is 37.3 Å². The first-order chi connectivity index (χ1) is 17.8. The Kier molecular flexibility index (Phi) is 9.87. The molecule has 1 heterocycles. The highest BCUT2D eigenvalue weighted by atomic mass is 35.5. The number of carbonyl (C=O) groups excluding carboxylic acids is 1. The predicted octanol–water partition coefficient (Wildman–Crippen LogP) is 5.10. The molecule has 0 bridgehead atoms. The molecular weight excluding hydrogens is 549 g/mol. The van der Waals surface area contributed by atoms with Crippen molar-refractivity contribution in [2.75, 3.05) is 20.6 Å². The Bertz CT molecular complexity index is 1260. The number of halogens is 2. The average Bonchev–Trinajstić information content (AvgIpc) is 2.83. The van der Waals surface area contributed by atoms with E-state index < -0.39 is 33.7 Å². The smallest absolute Gasteiger partial charge is 0.304 e. The predicted molar refractivity (Wildman–Crippen MR) is 150 cm³/mol. The van der Waals surface area contributed by atoms with E-state index in [9.17, 15) is 23.1 Å². The second kappa shape index (κ2) is 12.3. The zero-order chi connectivity index (χ0) is 28.3. The van der Waals surface area contributed by atoms with Crippen molar-refractivity contribution in [3.05, 3.63) is 69.7 Å². The number of carboxylic acid groups (broad SMARTS) is 1. The van der Waals surface area contributed by atoms with Crippen LogP contribution in [0.4, 0.5) is 0 Å². The van der Waals surface area contributed by atoms with Crippen molar-refractivity contribution < 1.29 is 23.1 Å². The standard InChI is InChI=1S/C27H35Cl2N3O5S/c1-5-7-22(17-30-38(36,37)31(3)4)32-25(18-10-12-20(28)13-11-18)23(19-8-6-9-21(29)14-19)15-27(2,26(32)35)16-24(33)34/h6,8-14,22-23,25,30H,5,7,15-17H2,1-4H3,(H,33,34)/t22-,23+,25+,27+/m0/s1. The number of nitrogens with one attached hydrogen (secondary N) is 1. The van der Waals surface area contributed by atoms with Crippen LogP contribution in [-0.2, 0) is 19.8 Å². The maximum Gasteiger partial charge on any atom is 0.304 e. The Morgan fingerprint density at radius 3 is 2.37 bits per heavy atom. The highest BCUT2D eigenvalue weighted by Crippen LogP contribution is 2.52. The van der Waals surface area contributed by atoms with Crippen LogP contribution in [0.1, 0.15) is 62.6 Å². The van der Waals surface area contributed by atoms with E-state index in [4.69, 9.17) is 23.2 Å². The molecule has 1 aliphatic rings. The van der Waals surface area contributed by atoms with Crippen LogP contribution in [0.2, 0.25) is 10.0 Å². The lowest BCUT2D eigenvalue weighted by Gasteiger charge is -2.52. The first-order valence-corrected chi connectivity index (χ1v) is 14.7. The molecular formula is C27H35Cl2N3O5S. The summed E-state index contributed by atoms with van der Waals surface area (Å²) in [5, 5.41) is 10.8. The first-order valence-electron chi connectivity index (χ1n) is 12.5. The van der Waals surface area contributed by atoms with E-state index in [0.29, 0.717) is 22.9 Å². The summed E-state index contributed by atoms with van der Waals surface area (Å²) in [4.78, 5) is 27.9. The monoisotopic (exact) mass is 583 g/mol. The van der Waals surface area contributed by atoms with Crippen LogP contribution in [0, 0.1) is 5.41 Å². The maximum atomic E-state index is 14.3. The van der Waals surface area contributed by atoms with Crippen molar-refractivity contribution in [2.45, 2.75) is 57.5 Å². The molecule has 2 N–H and O–H groups in total. The van der Waals surface area contributed by atoms with Crippen LogP contribution < -0.4 is 4.72 Å². The first kappa shape index (κ1) is 30.4. The largest absolute Gasteiger partial charge is 0.481 e. The highest BCUT2D eigenvalue weighted by Gasteiger charge is 2.52. The lowest BCUT2D eigenvalue weighted by atomic mass is 9.67. The molecule has 0 unspecified atom stereocenters. The topological polar surface area (TPSA) is 107 Å². The molecule has 1 fully saturated rings. The minimum Gasteiger partial charge on any atom is -0.481 e. The Morgan fingerprint density at radius 2 is 1.82 bits per heavy atom. The van der Waals surface area contributed by atoms with Crippen molar-refractivity contribution in [3.63, 3.8) is 0 Å². The second-order valence-electron chi connectivity index (χ2n) is 10.3.